The van der Waals surface area contributed by atoms with Crippen molar-refractivity contribution in [2.24, 2.45) is 0 Å². The van der Waals surface area contributed by atoms with Gasteiger partial charge in [0.05, 0.1) is 0 Å². The van der Waals surface area contributed by atoms with Gasteiger partial charge in [0.1, 0.15) is 0 Å². The molecular weight excluding hydrogens is 162 g/mol. The molecular formula is C10H21N3. The summed E-state index contributed by atoms with van der Waals surface area (Å²) < 4.78 is 0. The molecule has 13 heavy (non-hydrogen) atoms. The van der Waals surface area contributed by atoms with Crippen molar-refractivity contribution in [1.82, 2.24) is 15.1 Å². The Morgan fingerprint density at radius 3 is 2.54 bits per heavy atom. The molecule has 3 heteroatoms. The minimum Gasteiger partial charge on any atom is -0.314 e. The maximum Gasteiger partial charge on any atom is 0.0351 e. The fraction of sp³-hybridized carbons (Fsp3) is 1.00. The third-order valence-corrected chi connectivity index (χ3v) is 3.15. The van der Waals surface area contributed by atoms with Crippen molar-refractivity contribution in [1.29, 1.82) is 0 Å². The highest BCUT2D eigenvalue weighted by atomic mass is 15.3. The summed E-state index contributed by atoms with van der Waals surface area (Å²) in [5.41, 5.74) is 0. The standard InChI is InChI=1S/C10H21N3/c1-2-5-12-8-10(9-12)13-6-3-11-4-7-13/h10-11H,2-9H2,1H3. The summed E-state index contributed by atoms with van der Waals surface area (Å²) >= 11 is 0. The molecule has 2 saturated heterocycles. The fourth-order valence-electron chi connectivity index (χ4n) is 2.32. The van der Waals surface area contributed by atoms with E-state index in [-0.39, 0.29) is 0 Å². The van der Waals surface area contributed by atoms with Crippen molar-refractivity contribution in [3.8, 4) is 0 Å². The Bertz CT molecular complexity index is 148. The summed E-state index contributed by atoms with van der Waals surface area (Å²) in [6.07, 6.45) is 1.30. The molecule has 0 bridgehead atoms. The van der Waals surface area contributed by atoms with E-state index in [0.29, 0.717) is 0 Å². The molecule has 0 amide bonds. The zero-order valence-electron chi connectivity index (χ0n) is 8.63. The fourth-order valence-corrected chi connectivity index (χ4v) is 2.32. The lowest BCUT2D eigenvalue weighted by atomic mass is 10.1. The molecule has 2 aliphatic heterocycles. The molecule has 1 N–H and O–H groups in total. The van der Waals surface area contributed by atoms with E-state index in [1.807, 2.05) is 0 Å². The van der Waals surface area contributed by atoms with Gasteiger partial charge in [0, 0.05) is 45.3 Å². The summed E-state index contributed by atoms with van der Waals surface area (Å²) in [4.78, 5) is 5.20. The van der Waals surface area contributed by atoms with E-state index in [0.717, 1.165) is 6.04 Å². The Hall–Kier alpha value is -0.120. The summed E-state index contributed by atoms with van der Waals surface area (Å²) in [6.45, 7) is 11.1. The Kier molecular flexibility index (Phi) is 3.19. The van der Waals surface area contributed by atoms with Gasteiger partial charge < -0.3 is 10.2 Å². The highest BCUT2D eigenvalue weighted by molar-refractivity contribution is 4.89. The van der Waals surface area contributed by atoms with Crippen LogP contribution in [0.4, 0.5) is 0 Å². The highest BCUT2D eigenvalue weighted by Crippen LogP contribution is 2.15. The first-order valence-electron chi connectivity index (χ1n) is 5.57. The van der Waals surface area contributed by atoms with E-state index >= 15 is 0 Å². The van der Waals surface area contributed by atoms with E-state index in [1.165, 1.54) is 52.2 Å². The molecule has 2 aliphatic rings. The van der Waals surface area contributed by atoms with Crippen molar-refractivity contribution in [3.63, 3.8) is 0 Å². The van der Waals surface area contributed by atoms with E-state index in [2.05, 4.69) is 22.0 Å². The molecule has 0 spiro atoms. The normalized spacial score (nSPS) is 27.5. The van der Waals surface area contributed by atoms with Crippen LogP contribution in [0.2, 0.25) is 0 Å². The van der Waals surface area contributed by atoms with Crippen LogP contribution in [0.3, 0.4) is 0 Å². The number of nitrogens with one attached hydrogen (secondary N) is 1. The SMILES string of the molecule is CCCN1CC(N2CCNCC2)C1. The zero-order chi connectivity index (χ0) is 9.10. The minimum absolute atomic E-state index is 0.869. The smallest absolute Gasteiger partial charge is 0.0351 e. The van der Waals surface area contributed by atoms with E-state index < -0.39 is 0 Å². The van der Waals surface area contributed by atoms with Crippen LogP contribution in [-0.2, 0) is 0 Å². The lowest BCUT2D eigenvalue weighted by Crippen LogP contribution is -2.62. The molecule has 3 nitrogen and oxygen atoms in total. The third kappa shape index (κ3) is 2.22. The Morgan fingerprint density at radius 1 is 1.23 bits per heavy atom. The number of hydrogen-bond acceptors (Lipinski definition) is 3. The van der Waals surface area contributed by atoms with Crippen molar-refractivity contribution in [3.05, 3.63) is 0 Å². The van der Waals surface area contributed by atoms with Gasteiger partial charge in [0.25, 0.3) is 0 Å². The van der Waals surface area contributed by atoms with Gasteiger partial charge in [-0.05, 0) is 13.0 Å². The molecule has 0 aliphatic carbocycles. The molecule has 0 radical (unpaired) electrons. The van der Waals surface area contributed by atoms with E-state index in [1.54, 1.807) is 0 Å². The number of hydrogen-bond donors (Lipinski definition) is 1. The maximum absolute atomic E-state index is 3.40. The molecule has 2 heterocycles. The second-order valence-corrected chi connectivity index (χ2v) is 4.20. The number of rotatable bonds is 3. The summed E-state index contributed by atoms with van der Waals surface area (Å²) in [6, 6.07) is 0.869. The van der Waals surface area contributed by atoms with Crippen molar-refractivity contribution < 1.29 is 0 Å². The average Bonchev–Trinajstić information content (AvgIpc) is 2.12. The second-order valence-electron chi connectivity index (χ2n) is 4.20. The van der Waals surface area contributed by atoms with E-state index in [9.17, 15) is 0 Å². The van der Waals surface area contributed by atoms with Gasteiger partial charge in [-0.15, -0.1) is 0 Å². The Morgan fingerprint density at radius 2 is 1.92 bits per heavy atom. The predicted molar refractivity (Wildman–Crippen MR) is 55.0 cm³/mol. The molecule has 0 atom stereocenters. The van der Waals surface area contributed by atoms with Gasteiger partial charge in [-0.25, -0.2) is 0 Å². The highest BCUT2D eigenvalue weighted by Gasteiger charge is 2.31. The van der Waals surface area contributed by atoms with Crippen LogP contribution in [0, 0.1) is 0 Å². The Balaban J connectivity index is 1.66. The first kappa shape index (κ1) is 9.44. The average molecular weight is 183 g/mol. The van der Waals surface area contributed by atoms with Gasteiger partial charge in [0.2, 0.25) is 0 Å². The van der Waals surface area contributed by atoms with Crippen LogP contribution in [0.15, 0.2) is 0 Å². The zero-order valence-corrected chi connectivity index (χ0v) is 8.63. The molecule has 0 aromatic rings. The lowest BCUT2D eigenvalue weighted by Gasteiger charge is -2.46. The van der Waals surface area contributed by atoms with Crippen LogP contribution in [0.1, 0.15) is 13.3 Å². The number of nitrogens with zero attached hydrogens (tertiary/aromatic N) is 2. The maximum atomic E-state index is 3.40. The summed E-state index contributed by atoms with van der Waals surface area (Å²) in [5.74, 6) is 0. The molecule has 2 rings (SSSR count). The topological polar surface area (TPSA) is 18.5 Å². The largest absolute Gasteiger partial charge is 0.314 e. The minimum atomic E-state index is 0.869. The second kappa shape index (κ2) is 4.40. The lowest BCUT2D eigenvalue weighted by molar-refractivity contribution is 0.0276. The van der Waals surface area contributed by atoms with E-state index in [4.69, 9.17) is 0 Å². The van der Waals surface area contributed by atoms with Crippen LogP contribution >= 0.6 is 0 Å². The summed E-state index contributed by atoms with van der Waals surface area (Å²) in [7, 11) is 0. The van der Waals surface area contributed by atoms with Gasteiger partial charge in [-0.2, -0.15) is 0 Å². The molecule has 2 fully saturated rings. The molecule has 0 saturated carbocycles. The molecule has 76 valence electrons. The van der Waals surface area contributed by atoms with Crippen molar-refractivity contribution in [2.45, 2.75) is 19.4 Å². The predicted octanol–water partition coefficient (Wildman–Crippen LogP) is -0.0142. The first-order valence-corrected chi connectivity index (χ1v) is 5.57. The van der Waals surface area contributed by atoms with Crippen molar-refractivity contribution in [2.75, 3.05) is 45.8 Å². The van der Waals surface area contributed by atoms with Crippen LogP contribution in [0.25, 0.3) is 0 Å². The van der Waals surface area contributed by atoms with Gasteiger partial charge in [-0.3, -0.25) is 4.90 Å². The molecule has 0 unspecified atom stereocenters. The monoisotopic (exact) mass is 183 g/mol. The quantitative estimate of drug-likeness (QED) is 0.664. The Labute approximate surface area is 81.1 Å². The van der Waals surface area contributed by atoms with Gasteiger partial charge in [0.15, 0.2) is 0 Å². The first-order chi connectivity index (χ1) is 6.40. The van der Waals surface area contributed by atoms with Crippen LogP contribution in [0.5, 0.6) is 0 Å². The van der Waals surface area contributed by atoms with Crippen LogP contribution < -0.4 is 5.32 Å². The van der Waals surface area contributed by atoms with Crippen LogP contribution in [-0.4, -0.2) is 61.7 Å². The van der Waals surface area contributed by atoms with Crippen molar-refractivity contribution >= 4 is 0 Å². The third-order valence-electron chi connectivity index (χ3n) is 3.15. The van der Waals surface area contributed by atoms with Gasteiger partial charge in [-0.1, -0.05) is 6.92 Å². The summed E-state index contributed by atoms with van der Waals surface area (Å²) in [5, 5.41) is 3.40. The number of likely N-dealkylation sites (tertiary alicyclic amines) is 1. The van der Waals surface area contributed by atoms with Gasteiger partial charge >= 0.3 is 0 Å². The molecule has 0 aromatic carbocycles. The molecule has 0 aromatic heterocycles. The number of piperazine rings is 1.